The third-order valence-electron chi connectivity index (χ3n) is 4.92. The molecule has 2 aliphatic rings. The normalized spacial score (nSPS) is 21.0. The number of hydrogen-bond donors (Lipinski definition) is 1. The smallest absolute Gasteiger partial charge is 0.133 e. The minimum atomic E-state index is 0.150. The van der Waals surface area contributed by atoms with Gasteiger partial charge < -0.3 is 9.15 Å². The van der Waals surface area contributed by atoms with Crippen LogP contribution in [0.2, 0.25) is 0 Å². The summed E-state index contributed by atoms with van der Waals surface area (Å²) in [6.07, 6.45) is 7.18. The summed E-state index contributed by atoms with van der Waals surface area (Å²) in [6.45, 7) is 2.51. The van der Waals surface area contributed by atoms with Crippen molar-refractivity contribution >= 4 is 0 Å². The van der Waals surface area contributed by atoms with Gasteiger partial charge in [0.25, 0.3) is 0 Å². The van der Waals surface area contributed by atoms with Crippen LogP contribution in [-0.2, 0) is 30.7 Å². The molecule has 2 aromatic rings. The van der Waals surface area contributed by atoms with Crippen molar-refractivity contribution in [3.8, 4) is 0 Å². The van der Waals surface area contributed by atoms with E-state index in [-0.39, 0.29) is 6.10 Å². The Hall–Kier alpha value is -1.59. The van der Waals surface area contributed by atoms with E-state index in [1.54, 1.807) is 0 Å². The first kappa shape index (κ1) is 15.0. The average Bonchev–Trinajstić information content (AvgIpc) is 3.27. The molecule has 2 aromatic heterocycles. The molecule has 1 atom stereocenters. The molecular weight excluding hydrogens is 290 g/mol. The van der Waals surface area contributed by atoms with Crippen LogP contribution in [0.25, 0.3) is 0 Å². The second-order valence-electron chi connectivity index (χ2n) is 6.81. The summed E-state index contributed by atoms with van der Waals surface area (Å²) < 4.78 is 11.8. The summed E-state index contributed by atoms with van der Waals surface area (Å²) in [4.78, 5) is 2.26. The average molecular weight is 315 g/mol. The molecular formula is C18H25N3O2. The number of rotatable bonds is 5. The van der Waals surface area contributed by atoms with Gasteiger partial charge in [0.05, 0.1) is 12.2 Å². The molecule has 1 N–H and O–H groups in total. The monoisotopic (exact) mass is 315 g/mol. The van der Waals surface area contributed by atoms with Gasteiger partial charge in [0, 0.05) is 18.8 Å². The van der Waals surface area contributed by atoms with Crippen LogP contribution in [0.15, 0.2) is 16.5 Å². The maximum Gasteiger partial charge on any atom is 0.133 e. The Morgan fingerprint density at radius 3 is 3.04 bits per heavy atom. The molecule has 1 aliphatic heterocycles. The molecule has 1 saturated heterocycles. The standard InChI is InChI=1S/C18H25N3O2/c1-21(12-16-14-5-4-6-15(14)19-20-16)11-13-8-9-18(23-13)17-7-2-3-10-22-17/h8-9,17H,2-7,10-12H2,1H3,(H,19,20)/t17-/m0/s1. The zero-order valence-corrected chi connectivity index (χ0v) is 13.8. The molecule has 5 nitrogen and oxygen atoms in total. The number of nitrogens with one attached hydrogen (secondary N) is 1. The zero-order chi connectivity index (χ0) is 15.6. The van der Waals surface area contributed by atoms with E-state index in [9.17, 15) is 0 Å². The summed E-state index contributed by atoms with van der Waals surface area (Å²) in [5, 5.41) is 7.67. The SMILES string of the molecule is CN(Cc1ccc([C@@H]2CCCCO2)o1)Cc1n[nH]c2c1CCC2. The second-order valence-corrected chi connectivity index (χ2v) is 6.81. The van der Waals surface area contributed by atoms with Gasteiger partial charge in [-0.15, -0.1) is 0 Å². The highest BCUT2D eigenvalue weighted by Crippen LogP contribution is 2.29. The maximum absolute atomic E-state index is 6.01. The fraction of sp³-hybridized carbons (Fsp3) is 0.611. The predicted octanol–water partition coefficient (Wildman–Crippen LogP) is 3.37. The van der Waals surface area contributed by atoms with E-state index in [4.69, 9.17) is 9.15 Å². The molecule has 0 amide bonds. The fourth-order valence-corrected chi connectivity index (χ4v) is 3.71. The van der Waals surface area contributed by atoms with Crippen molar-refractivity contribution in [1.29, 1.82) is 0 Å². The number of aromatic nitrogens is 2. The van der Waals surface area contributed by atoms with Crippen LogP contribution in [0.5, 0.6) is 0 Å². The Bertz CT molecular complexity index is 655. The van der Waals surface area contributed by atoms with Crippen molar-refractivity contribution in [1.82, 2.24) is 15.1 Å². The highest BCUT2D eigenvalue weighted by Gasteiger charge is 2.21. The van der Waals surface area contributed by atoms with Crippen LogP contribution in [0.4, 0.5) is 0 Å². The molecule has 1 aliphatic carbocycles. The first-order valence-electron chi connectivity index (χ1n) is 8.73. The van der Waals surface area contributed by atoms with Crippen LogP contribution >= 0.6 is 0 Å². The van der Waals surface area contributed by atoms with Crippen LogP contribution < -0.4 is 0 Å². The third kappa shape index (κ3) is 3.21. The molecule has 23 heavy (non-hydrogen) atoms. The third-order valence-corrected chi connectivity index (χ3v) is 4.92. The van der Waals surface area contributed by atoms with E-state index in [1.807, 2.05) is 0 Å². The van der Waals surface area contributed by atoms with Gasteiger partial charge >= 0.3 is 0 Å². The molecule has 0 bridgehead atoms. The van der Waals surface area contributed by atoms with Gasteiger partial charge in [-0.1, -0.05) is 0 Å². The number of nitrogens with zero attached hydrogens (tertiary/aromatic N) is 2. The van der Waals surface area contributed by atoms with Crippen molar-refractivity contribution in [2.45, 2.75) is 57.7 Å². The van der Waals surface area contributed by atoms with E-state index in [2.05, 4.69) is 34.3 Å². The topological polar surface area (TPSA) is 54.3 Å². The maximum atomic E-state index is 6.01. The Morgan fingerprint density at radius 2 is 2.17 bits per heavy atom. The lowest BCUT2D eigenvalue weighted by Crippen LogP contribution is -2.18. The van der Waals surface area contributed by atoms with Crippen LogP contribution in [0, 0.1) is 0 Å². The van der Waals surface area contributed by atoms with Gasteiger partial charge in [0.2, 0.25) is 0 Å². The van der Waals surface area contributed by atoms with Gasteiger partial charge in [-0.25, -0.2) is 0 Å². The Labute approximate surface area is 137 Å². The van der Waals surface area contributed by atoms with Gasteiger partial charge in [-0.05, 0) is 63.3 Å². The molecule has 0 saturated carbocycles. The molecule has 5 heteroatoms. The molecule has 4 rings (SSSR count). The highest BCUT2D eigenvalue weighted by atomic mass is 16.5. The largest absolute Gasteiger partial charge is 0.462 e. The van der Waals surface area contributed by atoms with Crippen molar-refractivity contribution in [2.24, 2.45) is 0 Å². The lowest BCUT2D eigenvalue weighted by atomic mass is 10.1. The minimum Gasteiger partial charge on any atom is -0.462 e. The van der Waals surface area contributed by atoms with Gasteiger partial charge in [0.1, 0.15) is 17.6 Å². The van der Waals surface area contributed by atoms with Crippen molar-refractivity contribution < 1.29 is 9.15 Å². The Balaban J connectivity index is 1.37. The zero-order valence-electron chi connectivity index (χ0n) is 13.8. The minimum absolute atomic E-state index is 0.150. The molecule has 0 unspecified atom stereocenters. The van der Waals surface area contributed by atoms with Gasteiger partial charge in [-0.3, -0.25) is 10.00 Å². The van der Waals surface area contributed by atoms with Crippen molar-refractivity contribution in [2.75, 3.05) is 13.7 Å². The summed E-state index contributed by atoms with van der Waals surface area (Å²) in [5.41, 5.74) is 3.97. The number of aryl methyl sites for hydroxylation is 1. The van der Waals surface area contributed by atoms with Crippen LogP contribution in [0.1, 0.15) is 60.3 Å². The lowest BCUT2D eigenvalue weighted by molar-refractivity contribution is 0.000903. The second kappa shape index (κ2) is 6.49. The molecule has 0 spiro atoms. The number of furan rings is 1. The summed E-state index contributed by atoms with van der Waals surface area (Å²) in [7, 11) is 2.12. The lowest BCUT2D eigenvalue weighted by Gasteiger charge is -2.20. The molecule has 0 radical (unpaired) electrons. The van der Waals surface area contributed by atoms with Crippen molar-refractivity contribution in [3.63, 3.8) is 0 Å². The quantitative estimate of drug-likeness (QED) is 0.919. The van der Waals surface area contributed by atoms with E-state index in [0.717, 1.165) is 44.1 Å². The Morgan fingerprint density at radius 1 is 1.22 bits per heavy atom. The van der Waals surface area contributed by atoms with Crippen LogP contribution in [0.3, 0.4) is 0 Å². The first-order valence-corrected chi connectivity index (χ1v) is 8.73. The molecule has 3 heterocycles. The number of aromatic amines is 1. The van der Waals surface area contributed by atoms with Crippen molar-refractivity contribution in [3.05, 3.63) is 40.6 Å². The first-order chi connectivity index (χ1) is 11.3. The number of hydrogen-bond acceptors (Lipinski definition) is 4. The van der Waals surface area contributed by atoms with E-state index in [1.165, 1.54) is 42.6 Å². The summed E-state index contributed by atoms with van der Waals surface area (Å²) in [5.74, 6) is 1.98. The molecule has 124 valence electrons. The number of fused-ring (bicyclic) bond motifs is 1. The predicted molar refractivity (Wildman–Crippen MR) is 87.0 cm³/mol. The Kier molecular flexibility index (Phi) is 4.23. The molecule has 0 aromatic carbocycles. The summed E-state index contributed by atoms with van der Waals surface area (Å²) >= 11 is 0. The van der Waals surface area contributed by atoms with Gasteiger partial charge in [-0.2, -0.15) is 5.10 Å². The van der Waals surface area contributed by atoms with Crippen LogP contribution in [-0.4, -0.2) is 28.8 Å². The van der Waals surface area contributed by atoms with E-state index < -0.39 is 0 Å². The fourth-order valence-electron chi connectivity index (χ4n) is 3.71. The highest BCUT2D eigenvalue weighted by molar-refractivity contribution is 5.29. The summed E-state index contributed by atoms with van der Waals surface area (Å²) in [6, 6.07) is 4.16. The number of ether oxygens (including phenoxy) is 1. The molecule has 1 fully saturated rings. The van der Waals surface area contributed by atoms with Gasteiger partial charge in [0.15, 0.2) is 0 Å². The van der Waals surface area contributed by atoms with E-state index >= 15 is 0 Å². The number of H-pyrrole nitrogens is 1. The van der Waals surface area contributed by atoms with E-state index in [0.29, 0.717) is 0 Å².